The molecule has 27 heavy (non-hydrogen) atoms. The van der Waals surface area contributed by atoms with Crippen molar-refractivity contribution in [3.05, 3.63) is 65.2 Å². The van der Waals surface area contributed by atoms with Crippen LogP contribution in [0, 0.1) is 17.1 Å². The summed E-state index contributed by atoms with van der Waals surface area (Å²) >= 11 is 0. The molecule has 0 radical (unpaired) electrons. The quantitative estimate of drug-likeness (QED) is 0.861. The lowest BCUT2D eigenvalue weighted by atomic mass is 10.1. The highest BCUT2D eigenvalue weighted by Crippen LogP contribution is 2.26. The molecule has 2 heterocycles. The van der Waals surface area contributed by atoms with Gasteiger partial charge in [0.05, 0.1) is 16.2 Å². The van der Waals surface area contributed by atoms with Crippen LogP contribution in [0.5, 0.6) is 0 Å². The number of carbonyl (C=O) groups is 1. The number of pyridine rings is 1. The fourth-order valence-corrected chi connectivity index (χ4v) is 4.14. The number of rotatable bonds is 4. The highest BCUT2D eigenvalue weighted by atomic mass is 32.2. The van der Waals surface area contributed by atoms with Gasteiger partial charge in [0.1, 0.15) is 17.6 Å². The number of hydrogen-bond donors (Lipinski definition) is 1. The van der Waals surface area contributed by atoms with Gasteiger partial charge in [-0.2, -0.15) is 9.57 Å². The van der Waals surface area contributed by atoms with E-state index in [4.69, 9.17) is 10.4 Å². The minimum absolute atomic E-state index is 0.0654. The number of carboxylic acid groups (broad SMARTS) is 1. The molecule has 0 saturated carbocycles. The number of sulfonamides is 1. The maximum Gasteiger partial charge on any atom is 0.354 e. The van der Waals surface area contributed by atoms with E-state index in [1.54, 1.807) is 24.3 Å². The predicted octanol–water partition coefficient (Wildman–Crippen LogP) is 2.27. The average molecular weight is 387 g/mol. The maximum absolute atomic E-state index is 13.4. The van der Waals surface area contributed by atoms with Crippen LogP contribution in [0.2, 0.25) is 0 Å². The van der Waals surface area contributed by atoms with Crippen LogP contribution in [0.3, 0.4) is 0 Å². The summed E-state index contributed by atoms with van der Waals surface area (Å²) in [5.74, 6) is -1.91. The molecule has 3 rings (SSSR count). The van der Waals surface area contributed by atoms with Crippen LogP contribution in [0.1, 0.15) is 28.2 Å². The zero-order chi connectivity index (χ0) is 19.6. The lowest BCUT2D eigenvalue weighted by molar-refractivity contribution is 0.0690. The summed E-state index contributed by atoms with van der Waals surface area (Å²) in [5.41, 5.74) is 0.819. The summed E-state index contributed by atoms with van der Waals surface area (Å²) in [6.45, 7) is 0.225. The molecule has 0 amide bonds. The summed E-state index contributed by atoms with van der Waals surface area (Å²) in [5, 5.41) is 17.9. The van der Waals surface area contributed by atoms with Crippen molar-refractivity contribution in [3.63, 3.8) is 0 Å². The van der Waals surface area contributed by atoms with Gasteiger partial charge in [0.2, 0.25) is 10.0 Å². The third-order valence-electron chi connectivity index (χ3n) is 4.17. The van der Waals surface area contributed by atoms with Crippen molar-refractivity contribution in [1.82, 2.24) is 9.29 Å². The van der Waals surface area contributed by atoms with Crippen LogP contribution < -0.4 is 0 Å². The van der Waals surface area contributed by atoms with Crippen LogP contribution in [-0.4, -0.2) is 41.9 Å². The van der Waals surface area contributed by atoms with Crippen LogP contribution >= 0.6 is 0 Å². The maximum atomic E-state index is 13.4. The second-order valence-corrected chi connectivity index (χ2v) is 7.75. The van der Waals surface area contributed by atoms with Crippen molar-refractivity contribution in [1.29, 1.82) is 5.26 Å². The number of hydrogen-bond acceptors (Lipinski definition) is 5. The Morgan fingerprint density at radius 2 is 2.07 bits per heavy atom. The topological polar surface area (TPSA) is 111 Å². The van der Waals surface area contributed by atoms with Crippen LogP contribution in [0.4, 0.5) is 4.39 Å². The van der Waals surface area contributed by atoms with Gasteiger partial charge in [-0.15, -0.1) is 0 Å². The molecule has 1 N–H and O–H groups in total. The van der Waals surface area contributed by atoms with Gasteiger partial charge in [0.15, 0.2) is 0 Å². The zero-order valence-corrected chi connectivity index (χ0v) is 14.8. The molecule has 0 atom stereocenters. The van der Waals surface area contributed by atoms with Crippen molar-refractivity contribution in [2.75, 3.05) is 13.1 Å². The van der Waals surface area contributed by atoms with E-state index in [1.807, 2.05) is 0 Å². The molecule has 1 aromatic carbocycles. The highest BCUT2D eigenvalue weighted by Gasteiger charge is 2.27. The summed E-state index contributed by atoms with van der Waals surface area (Å²) < 4.78 is 40.1. The smallest absolute Gasteiger partial charge is 0.354 e. The molecule has 1 aliphatic heterocycles. The van der Waals surface area contributed by atoms with Crippen molar-refractivity contribution in [2.45, 2.75) is 11.3 Å². The summed E-state index contributed by atoms with van der Waals surface area (Å²) in [6.07, 6.45) is 2.02. The van der Waals surface area contributed by atoms with Gasteiger partial charge < -0.3 is 5.11 Å². The van der Waals surface area contributed by atoms with Gasteiger partial charge in [-0.1, -0.05) is 12.1 Å². The highest BCUT2D eigenvalue weighted by molar-refractivity contribution is 7.89. The van der Waals surface area contributed by atoms with E-state index in [0.717, 1.165) is 23.8 Å². The average Bonchev–Trinajstić information content (AvgIpc) is 2.68. The Bertz CT molecular complexity index is 1090. The zero-order valence-electron chi connectivity index (χ0n) is 14.0. The van der Waals surface area contributed by atoms with Crippen LogP contribution in [0.15, 0.2) is 47.4 Å². The Morgan fingerprint density at radius 3 is 2.70 bits per heavy atom. The lowest BCUT2D eigenvalue weighted by Crippen LogP contribution is -2.34. The Labute approximate surface area is 155 Å². The molecule has 0 fully saturated rings. The third kappa shape index (κ3) is 3.72. The van der Waals surface area contributed by atoms with E-state index in [1.165, 1.54) is 10.4 Å². The summed E-state index contributed by atoms with van der Waals surface area (Å²) in [4.78, 5) is 14.9. The van der Waals surface area contributed by atoms with Crippen molar-refractivity contribution < 1.29 is 22.7 Å². The number of nitriles is 1. The van der Waals surface area contributed by atoms with Gasteiger partial charge >= 0.3 is 5.97 Å². The number of benzene rings is 1. The van der Waals surface area contributed by atoms with Gasteiger partial charge in [0.25, 0.3) is 0 Å². The van der Waals surface area contributed by atoms with E-state index >= 15 is 0 Å². The first kappa shape index (κ1) is 18.7. The monoisotopic (exact) mass is 387 g/mol. The second kappa shape index (κ2) is 7.26. The molecule has 7 nitrogen and oxygen atoms in total. The molecule has 0 saturated heterocycles. The standard InChI is InChI=1S/C18H14FN3O4S/c19-15-5-4-14(10-13(15)11-20)27(25,26)22-8-6-12(7-9-22)16-2-1-3-17(21-16)18(23)24/h1-6,10H,7-9H2,(H,23,24). The first-order valence-electron chi connectivity index (χ1n) is 7.92. The molecule has 2 aromatic rings. The molecule has 0 spiro atoms. The molecule has 0 bridgehead atoms. The molecular formula is C18H14FN3O4S. The second-order valence-electron chi connectivity index (χ2n) is 5.81. The van der Waals surface area contributed by atoms with Crippen molar-refractivity contribution >= 4 is 21.6 Å². The molecule has 0 aliphatic carbocycles. The van der Waals surface area contributed by atoms with E-state index in [2.05, 4.69) is 4.98 Å². The molecule has 0 unspecified atom stereocenters. The Kier molecular flexibility index (Phi) is 5.03. The molecular weight excluding hydrogens is 373 g/mol. The fourth-order valence-electron chi connectivity index (χ4n) is 2.73. The first-order chi connectivity index (χ1) is 12.8. The van der Waals surface area contributed by atoms with Crippen molar-refractivity contribution in [2.24, 2.45) is 0 Å². The van der Waals surface area contributed by atoms with Gasteiger partial charge in [-0.25, -0.2) is 22.6 Å². The minimum atomic E-state index is -3.88. The van der Waals surface area contributed by atoms with E-state index in [0.29, 0.717) is 12.1 Å². The lowest BCUT2D eigenvalue weighted by Gasteiger charge is -2.25. The Hall–Kier alpha value is -3.09. The van der Waals surface area contributed by atoms with Crippen LogP contribution in [0.25, 0.3) is 5.57 Å². The predicted molar refractivity (Wildman–Crippen MR) is 93.7 cm³/mol. The van der Waals surface area contributed by atoms with Crippen molar-refractivity contribution in [3.8, 4) is 6.07 Å². The number of carboxylic acids is 1. The number of halogens is 1. The molecule has 1 aromatic heterocycles. The van der Waals surface area contributed by atoms with Gasteiger partial charge in [0, 0.05) is 13.1 Å². The van der Waals surface area contributed by atoms with Crippen LogP contribution in [-0.2, 0) is 10.0 Å². The number of aromatic nitrogens is 1. The summed E-state index contributed by atoms with van der Waals surface area (Å²) in [7, 11) is -3.88. The van der Waals surface area contributed by atoms with E-state index in [9.17, 15) is 17.6 Å². The third-order valence-corrected chi connectivity index (χ3v) is 6.03. The minimum Gasteiger partial charge on any atom is -0.477 e. The molecule has 138 valence electrons. The van der Waals surface area contributed by atoms with E-state index in [-0.39, 0.29) is 29.2 Å². The normalized spacial score (nSPS) is 15.0. The van der Waals surface area contributed by atoms with Gasteiger partial charge in [-0.3, -0.25) is 0 Å². The molecule has 1 aliphatic rings. The Balaban J connectivity index is 1.85. The fraction of sp³-hybridized carbons (Fsp3) is 0.167. The number of aromatic carboxylic acids is 1. The largest absolute Gasteiger partial charge is 0.477 e. The first-order valence-corrected chi connectivity index (χ1v) is 9.36. The molecule has 9 heteroatoms. The van der Waals surface area contributed by atoms with E-state index < -0.39 is 21.8 Å². The number of nitrogens with zero attached hydrogens (tertiary/aromatic N) is 3. The summed E-state index contributed by atoms with van der Waals surface area (Å²) in [6, 6.07) is 9.36. The Morgan fingerprint density at radius 1 is 1.30 bits per heavy atom. The van der Waals surface area contributed by atoms with Gasteiger partial charge in [-0.05, 0) is 42.3 Å². The SMILES string of the molecule is N#Cc1cc(S(=O)(=O)N2CC=C(c3cccc(C(=O)O)n3)CC2)ccc1F.